The number of fused-ring (bicyclic) bond motifs is 15. The van der Waals surface area contributed by atoms with E-state index in [-0.39, 0.29) is 65.9 Å². The number of phenolic OH excluding ortho intramolecular Hbond substituents is 3. The van der Waals surface area contributed by atoms with Crippen LogP contribution < -0.4 is 83.3 Å². The number of amides is 11. The Morgan fingerprint density at radius 2 is 1.37 bits per heavy atom. The van der Waals surface area contributed by atoms with Gasteiger partial charge in [0, 0.05) is 61.3 Å². The Bertz CT molecular complexity index is 5130. The first-order valence-corrected chi connectivity index (χ1v) is 41.0. The maximum atomic E-state index is 16.3. The molecule has 6 aromatic rings. The van der Waals surface area contributed by atoms with E-state index < -0.39 is 255 Å². The summed E-state index contributed by atoms with van der Waals surface area (Å²) in [5.74, 6) is -15.2. The highest BCUT2D eigenvalue weighted by molar-refractivity contribution is 6.32. The molecule has 19 atom stereocenters. The molecule has 1 unspecified atom stereocenters. The van der Waals surface area contributed by atoms with Crippen molar-refractivity contribution in [2.75, 3.05) is 47.0 Å². The minimum absolute atomic E-state index is 0.0483. The second kappa shape index (κ2) is 40.3. The van der Waals surface area contributed by atoms with Crippen LogP contribution in [0, 0.1) is 5.92 Å². The fraction of sp³-hybridized carbons (Fsp3) is 0.429. The normalized spacial score (nSPS) is 27.2. The van der Waals surface area contributed by atoms with E-state index in [4.69, 9.17) is 66.9 Å². The summed E-state index contributed by atoms with van der Waals surface area (Å²) >= 11 is 14.4. The highest BCUT2D eigenvalue weighted by atomic mass is 35.5. The number of phenols is 3. The average Bonchev–Trinajstić information content (AvgIpc) is 0.765. The van der Waals surface area contributed by atoms with E-state index in [2.05, 4.69) is 58.6 Å². The van der Waals surface area contributed by atoms with Gasteiger partial charge >= 0.3 is 6.03 Å². The topological polar surface area (TPSA) is 588 Å². The average molecular weight is 1790 g/mol. The van der Waals surface area contributed by atoms with E-state index in [9.17, 15) is 69.9 Å². The summed E-state index contributed by atoms with van der Waals surface area (Å²) in [7, 11) is 2.51. The molecule has 14 rings (SSSR count). The molecule has 3 fully saturated rings. The van der Waals surface area contributed by atoms with Crippen LogP contribution in [0.15, 0.2) is 109 Å². The number of primary amides is 1. The van der Waals surface area contributed by atoms with Crippen LogP contribution >= 0.6 is 23.2 Å². The number of urea groups is 1. The third-order valence-electron chi connectivity index (χ3n) is 22.1. The summed E-state index contributed by atoms with van der Waals surface area (Å²) in [6.07, 6.45) is -16.7. The molecule has 11 bridgehead atoms. The number of rotatable bonds is 23. The van der Waals surface area contributed by atoms with Crippen LogP contribution in [0.5, 0.6) is 51.7 Å². The summed E-state index contributed by atoms with van der Waals surface area (Å²) in [6.45, 7) is 8.45. The molecule has 3 saturated heterocycles. The molecular weight excluding hydrogens is 1690 g/mol. The van der Waals surface area contributed by atoms with Gasteiger partial charge in [-0.2, -0.15) is 0 Å². The molecule has 126 heavy (non-hydrogen) atoms. The fourth-order valence-corrected chi connectivity index (χ4v) is 16.0. The summed E-state index contributed by atoms with van der Waals surface area (Å²) in [5, 5.41) is 132. The zero-order chi connectivity index (χ0) is 91.0. The maximum Gasteiger partial charge on any atom is 0.319 e. The number of nitrogens with two attached hydrogens (primary N) is 1. The van der Waals surface area contributed by atoms with Crippen molar-refractivity contribution < 1.29 is 132 Å². The number of likely N-dealkylation sites (N-methyl/N-ethyl adjacent to an activating group) is 1. The number of hydroxylamine groups is 1. The zero-order valence-electron chi connectivity index (χ0n) is 69.0. The lowest BCUT2D eigenvalue weighted by atomic mass is 9.85. The first-order chi connectivity index (χ1) is 60.0. The Morgan fingerprint density at radius 1 is 0.722 bits per heavy atom. The quantitative estimate of drug-likeness (QED) is 0.0317. The Kier molecular flexibility index (Phi) is 29.9. The van der Waals surface area contributed by atoms with Crippen molar-refractivity contribution in [3.63, 3.8) is 0 Å². The van der Waals surface area contributed by atoms with Gasteiger partial charge in [0.05, 0.1) is 55.0 Å². The van der Waals surface area contributed by atoms with Crippen LogP contribution in [0.2, 0.25) is 10.0 Å². The number of halogens is 2. The lowest BCUT2D eigenvalue weighted by Gasteiger charge is -2.48. The van der Waals surface area contributed by atoms with Gasteiger partial charge in [-0.1, -0.05) is 67.4 Å². The monoisotopic (exact) mass is 1790 g/mol. The van der Waals surface area contributed by atoms with E-state index >= 15 is 24.0 Å². The molecule has 676 valence electrons. The van der Waals surface area contributed by atoms with Gasteiger partial charge in [-0.05, 0) is 146 Å². The largest absolute Gasteiger partial charge is 0.508 e. The van der Waals surface area contributed by atoms with Gasteiger partial charge in [0.15, 0.2) is 23.9 Å². The molecule has 8 heterocycles. The van der Waals surface area contributed by atoms with Crippen LogP contribution in [-0.4, -0.2) is 242 Å². The molecule has 0 aliphatic carbocycles. The molecule has 0 spiro atoms. The number of carbonyl (C=O) groups is 10. The number of ether oxygens (including phenoxy) is 7. The zero-order valence-corrected chi connectivity index (χ0v) is 70.5. The number of aromatic hydroxyl groups is 3. The van der Waals surface area contributed by atoms with Crippen molar-refractivity contribution in [2.45, 2.75) is 176 Å². The molecule has 40 nitrogen and oxygen atoms in total. The van der Waals surface area contributed by atoms with Crippen LogP contribution in [0.1, 0.15) is 124 Å². The Balaban J connectivity index is 0.968. The Hall–Kier alpha value is -11.7. The summed E-state index contributed by atoms with van der Waals surface area (Å²) in [5.41, 5.74) is 4.61. The number of carbonyl (C=O) groups excluding carboxylic acids is 10. The van der Waals surface area contributed by atoms with Crippen LogP contribution in [0.3, 0.4) is 0 Å². The van der Waals surface area contributed by atoms with Gasteiger partial charge in [0.25, 0.3) is 5.91 Å². The van der Waals surface area contributed by atoms with Crippen LogP contribution in [0.4, 0.5) is 4.79 Å². The fourth-order valence-electron chi connectivity index (χ4n) is 15.5. The molecule has 11 amide bonds. The van der Waals surface area contributed by atoms with Gasteiger partial charge in [0.1, 0.15) is 107 Å². The number of aliphatic hydroxyl groups is 6. The highest BCUT2D eigenvalue weighted by Gasteiger charge is 2.53. The lowest BCUT2D eigenvalue weighted by molar-refractivity contribution is -0.334. The summed E-state index contributed by atoms with van der Waals surface area (Å²) < 4.78 is 45.0. The number of aliphatic hydroxyl groups excluding tert-OH is 6. The van der Waals surface area contributed by atoms with Crippen molar-refractivity contribution in [1.29, 1.82) is 0 Å². The smallest absolute Gasteiger partial charge is 0.319 e. The molecule has 6 aromatic carbocycles. The van der Waals surface area contributed by atoms with Gasteiger partial charge in [-0.3, -0.25) is 48.0 Å². The molecule has 8 aliphatic heterocycles. The third-order valence-corrected chi connectivity index (χ3v) is 22.7. The highest BCUT2D eigenvalue weighted by Crippen LogP contribution is 2.50. The minimum atomic E-state index is -2.38. The predicted octanol–water partition coefficient (Wildman–Crippen LogP) is 1.30. The van der Waals surface area contributed by atoms with Gasteiger partial charge in [-0.25, -0.2) is 10.3 Å². The first kappa shape index (κ1) is 93.4. The van der Waals surface area contributed by atoms with Crippen molar-refractivity contribution in [3.05, 3.63) is 153 Å². The van der Waals surface area contributed by atoms with Crippen molar-refractivity contribution >= 4 is 88.5 Å². The SMILES string of the molecule is CCOc1ccc(/C=C/C(=O)NC2CCN(CCN[C@@]3(C)C[C@H](O[C@H]4[C@H](Oc5c6cc7cc5Oc5ccc(cc5Cl)[C@@H](O)[C@@H](NC(=O)[C@@H](CC(C)C)NC)C(=O)N[C@@H](CC(N)=O)C(=O)N[C@H]7C(=O)N[C@H]5C(=O)N[C@H](C(=O)N[C@@H](C(=O)NOC)c7cc(O)cc(O)c7-c7cc5ccc7O)[C@H](O)c5ccc(c(Cl)c5)O6)O[C@H](CO)[C@@H](O)[C@@H]4O)O[C@@H](C)[C@H]3O)C(=O)N2)cc1. The molecule has 8 aliphatic rings. The number of nitrogens with one attached hydrogen (secondary N) is 11. The molecule has 0 radical (unpaired) electrons. The van der Waals surface area contributed by atoms with Gasteiger partial charge < -0.3 is 143 Å². The van der Waals surface area contributed by atoms with Crippen molar-refractivity contribution in [1.82, 2.24) is 63.5 Å². The molecule has 0 saturated carbocycles. The molecule has 0 aromatic heterocycles. The van der Waals surface area contributed by atoms with E-state index in [1.165, 1.54) is 37.1 Å². The van der Waals surface area contributed by atoms with Crippen molar-refractivity contribution in [3.8, 4) is 62.9 Å². The van der Waals surface area contributed by atoms with Gasteiger partial charge in [0.2, 0.25) is 59.3 Å². The summed E-state index contributed by atoms with van der Waals surface area (Å²) in [6, 6.07) is 6.29. The molecular formula is C84H99Cl2N13O27. The number of hydrogen-bond donors (Lipinski definition) is 21. The van der Waals surface area contributed by atoms with E-state index in [0.29, 0.717) is 18.8 Å². The van der Waals surface area contributed by atoms with E-state index in [0.717, 1.165) is 79.4 Å². The summed E-state index contributed by atoms with van der Waals surface area (Å²) in [4.78, 5) is 152. The number of benzene rings is 6. The number of hydrogen-bond acceptors (Lipinski definition) is 29. The van der Waals surface area contributed by atoms with E-state index in [1.807, 2.05) is 20.8 Å². The standard InChI is InChI=1S/C84H99Cl2N13O27/c1-8-120-44-15-9-38(10-16-44)11-20-60(105)91-59-21-23-99(83(118)92-59)24-22-89-84(5)34-61(121-37(4)74(84)110)125-73-71(109)70(108)57(35-100)124-82(73)126-72-55-29-42-30-56(72)123-54-19-14-41(28-48(54)86)69(107)67-80(116)95-65(81(117)98-119-7)46-31-43(101)32-52(103)62(46)45-26-39(12-17-51(45)102)63(77(113)97-67)94-78(114)64(42)93-76(112)50(33-58(87)104)90-79(115)66(96-75(111)49(88-6)25-36(2)3)68(106)40-13-18-53(122-55)47(85)27-40/h9-20,26-32,36-37,49-50,57,59,61,63-71,73-74,82,88-89,100-103,106-110H,8,21-25,33-35H2,1-7H3,(H2,87,104)(H,90,115)(H,91,105)(H,92,118)(H,93,112)(H,94,114)(H,95,116)(H,96,111)(H,97,113)(H,98,117)/b20-11+/t37-,49+,50-,57+,59?,61-,63+,64+,65+,66+,67-,68+,69+,70+,71-,73+,74+,82-,84-/m0/s1. The van der Waals surface area contributed by atoms with Gasteiger partial charge in [-0.15, -0.1) is 0 Å². The van der Waals surface area contributed by atoms with Crippen LogP contribution in [-0.2, 0) is 62.2 Å². The maximum absolute atomic E-state index is 16.3. The Morgan fingerprint density at radius 3 is 2.00 bits per heavy atom. The van der Waals surface area contributed by atoms with E-state index in [1.54, 1.807) is 37.3 Å². The first-order valence-electron chi connectivity index (χ1n) is 40.3. The predicted molar refractivity (Wildman–Crippen MR) is 444 cm³/mol. The minimum Gasteiger partial charge on any atom is -0.508 e. The Labute approximate surface area is 730 Å². The lowest BCUT2D eigenvalue weighted by Crippen LogP contribution is -2.66. The third kappa shape index (κ3) is 21.3. The molecule has 42 heteroatoms. The number of nitrogens with zero attached hydrogens (tertiary/aromatic N) is 1. The van der Waals surface area contributed by atoms with Crippen molar-refractivity contribution in [2.24, 2.45) is 11.7 Å². The molecule has 22 N–H and O–H groups in total. The second-order valence-corrected chi connectivity index (χ2v) is 32.3. The second-order valence-electron chi connectivity index (χ2n) is 31.5. The van der Waals surface area contributed by atoms with Crippen LogP contribution in [0.25, 0.3) is 17.2 Å².